The van der Waals surface area contributed by atoms with Crippen molar-refractivity contribution in [1.29, 1.82) is 0 Å². The zero-order valence-electron chi connectivity index (χ0n) is 12.3. The molecular weight excluding hydrogens is 355 g/mol. The van der Waals surface area contributed by atoms with E-state index in [-0.39, 0.29) is 12.0 Å². The first-order valence-electron chi connectivity index (χ1n) is 7.01. The number of thiophene rings is 1. The Labute approximate surface area is 148 Å². The smallest absolute Gasteiger partial charge is 0.263 e. The molecule has 1 aromatic heterocycles. The highest BCUT2D eigenvalue weighted by Gasteiger charge is 2.26. The van der Waals surface area contributed by atoms with Crippen LogP contribution >= 0.6 is 34.5 Å². The summed E-state index contributed by atoms with van der Waals surface area (Å²) < 4.78 is 0. The summed E-state index contributed by atoms with van der Waals surface area (Å²) in [6, 6.07) is 9.05. The number of carbonyl (C=O) groups is 1. The highest BCUT2D eigenvalue weighted by Crippen LogP contribution is 2.25. The Morgan fingerprint density at radius 2 is 2.22 bits per heavy atom. The predicted octanol–water partition coefficient (Wildman–Crippen LogP) is 4.32. The van der Waals surface area contributed by atoms with Crippen LogP contribution in [0, 0.1) is 0 Å². The van der Waals surface area contributed by atoms with Crippen LogP contribution < -0.4 is 0 Å². The summed E-state index contributed by atoms with van der Waals surface area (Å²) >= 11 is 13.4. The van der Waals surface area contributed by atoms with E-state index >= 15 is 0 Å². The maximum Gasteiger partial charge on any atom is 0.263 e. The van der Waals surface area contributed by atoms with Crippen LogP contribution in [0.4, 0.5) is 0 Å². The van der Waals surface area contributed by atoms with Gasteiger partial charge in [0.05, 0.1) is 27.2 Å². The van der Waals surface area contributed by atoms with Crippen molar-refractivity contribution in [3.8, 4) is 0 Å². The number of carbonyl (C=O) groups excluding carboxylic acids is 1. The SMILES string of the molecule is CN(C[C@H]1CC(c2ccc(Cl)c(Cl)c2)=NO1)C(=O)c1cccs1. The van der Waals surface area contributed by atoms with Gasteiger partial charge in [-0.05, 0) is 23.6 Å². The topological polar surface area (TPSA) is 41.9 Å². The largest absolute Gasteiger partial charge is 0.390 e. The van der Waals surface area contributed by atoms with E-state index in [1.54, 1.807) is 24.1 Å². The molecule has 0 radical (unpaired) electrons. The van der Waals surface area contributed by atoms with E-state index in [0.717, 1.165) is 16.2 Å². The van der Waals surface area contributed by atoms with Crippen molar-refractivity contribution in [2.45, 2.75) is 12.5 Å². The molecule has 2 heterocycles. The van der Waals surface area contributed by atoms with E-state index < -0.39 is 0 Å². The van der Waals surface area contributed by atoms with Gasteiger partial charge in [0.2, 0.25) is 0 Å². The fourth-order valence-corrected chi connectivity index (χ4v) is 3.36. The lowest BCUT2D eigenvalue weighted by Crippen LogP contribution is -2.34. The number of hydrogen-bond donors (Lipinski definition) is 0. The number of rotatable bonds is 4. The minimum Gasteiger partial charge on any atom is -0.390 e. The molecule has 0 saturated heterocycles. The lowest BCUT2D eigenvalue weighted by Gasteiger charge is -2.19. The second kappa shape index (κ2) is 6.91. The maximum atomic E-state index is 12.2. The van der Waals surface area contributed by atoms with Crippen LogP contribution in [0.1, 0.15) is 21.7 Å². The molecule has 0 N–H and O–H groups in total. The zero-order chi connectivity index (χ0) is 16.4. The molecule has 23 heavy (non-hydrogen) atoms. The fraction of sp³-hybridized carbons (Fsp3) is 0.250. The van der Waals surface area contributed by atoms with E-state index in [0.29, 0.717) is 23.0 Å². The molecule has 0 spiro atoms. The molecule has 1 atom stereocenters. The number of likely N-dealkylation sites (N-methyl/N-ethyl adjacent to an activating group) is 1. The summed E-state index contributed by atoms with van der Waals surface area (Å²) in [6.07, 6.45) is 0.466. The Hall–Kier alpha value is -1.56. The van der Waals surface area contributed by atoms with Gasteiger partial charge in [-0.1, -0.05) is 40.5 Å². The monoisotopic (exact) mass is 368 g/mol. The highest BCUT2D eigenvalue weighted by atomic mass is 35.5. The van der Waals surface area contributed by atoms with E-state index in [1.807, 2.05) is 23.6 Å². The van der Waals surface area contributed by atoms with Crippen molar-refractivity contribution in [1.82, 2.24) is 4.90 Å². The van der Waals surface area contributed by atoms with Gasteiger partial charge in [0.1, 0.15) is 0 Å². The molecule has 1 amide bonds. The van der Waals surface area contributed by atoms with Crippen LogP contribution in [0.2, 0.25) is 10.0 Å². The summed E-state index contributed by atoms with van der Waals surface area (Å²) in [7, 11) is 1.77. The number of oxime groups is 1. The highest BCUT2D eigenvalue weighted by molar-refractivity contribution is 7.12. The molecule has 1 aromatic carbocycles. The molecule has 7 heteroatoms. The molecule has 0 bridgehead atoms. The van der Waals surface area contributed by atoms with Crippen molar-refractivity contribution in [3.05, 3.63) is 56.2 Å². The minimum atomic E-state index is -0.159. The molecule has 3 rings (SSSR count). The van der Waals surface area contributed by atoms with Gasteiger partial charge < -0.3 is 9.74 Å². The van der Waals surface area contributed by atoms with Crippen LogP contribution in [-0.4, -0.2) is 36.2 Å². The molecule has 0 unspecified atom stereocenters. The van der Waals surface area contributed by atoms with E-state index in [9.17, 15) is 4.79 Å². The van der Waals surface area contributed by atoms with Crippen LogP contribution in [0.15, 0.2) is 40.9 Å². The number of benzene rings is 1. The van der Waals surface area contributed by atoms with Gasteiger partial charge in [-0.25, -0.2) is 0 Å². The standard InChI is InChI=1S/C16H14Cl2N2O2S/c1-20(16(21)15-3-2-6-23-15)9-11-8-14(19-22-11)10-4-5-12(17)13(18)7-10/h2-7,11H,8-9H2,1H3/t11-/m1/s1. The van der Waals surface area contributed by atoms with Crippen molar-refractivity contribution in [2.24, 2.45) is 5.16 Å². The van der Waals surface area contributed by atoms with Gasteiger partial charge in [0.25, 0.3) is 5.91 Å². The third-order valence-corrected chi connectivity index (χ3v) is 5.14. The molecule has 1 aliphatic rings. The summed E-state index contributed by atoms with van der Waals surface area (Å²) in [5.41, 5.74) is 1.69. The normalized spacial score (nSPS) is 16.8. The summed E-state index contributed by atoms with van der Waals surface area (Å²) in [4.78, 5) is 20.1. The molecule has 120 valence electrons. The maximum absolute atomic E-state index is 12.2. The Morgan fingerprint density at radius 3 is 2.91 bits per heavy atom. The Kier molecular flexibility index (Phi) is 4.90. The van der Waals surface area contributed by atoms with E-state index in [1.165, 1.54) is 11.3 Å². The van der Waals surface area contributed by atoms with Gasteiger partial charge in [-0.3, -0.25) is 4.79 Å². The second-order valence-electron chi connectivity index (χ2n) is 5.26. The molecule has 0 aliphatic carbocycles. The first-order valence-corrected chi connectivity index (χ1v) is 8.65. The minimum absolute atomic E-state index is 0.00779. The van der Waals surface area contributed by atoms with Gasteiger partial charge in [0, 0.05) is 19.0 Å². The zero-order valence-corrected chi connectivity index (χ0v) is 14.7. The number of hydrogen-bond acceptors (Lipinski definition) is 4. The summed E-state index contributed by atoms with van der Waals surface area (Å²) in [6.45, 7) is 0.477. The molecular formula is C16H14Cl2N2O2S. The third-order valence-electron chi connectivity index (χ3n) is 3.54. The van der Waals surface area contributed by atoms with Crippen LogP contribution in [0.5, 0.6) is 0 Å². The molecule has 1 aliphatic heterocycles. The third kappa shape index (κ3) is 3.68. The van der Waals surface area contributed by atoms with Crippen molar-refractivity contribution >= 4 is 46.2 Å². The van der Waals surface area contributed by atoms with Crippen molar-refractivity contribution in [2.75, 3.05) is 13.6 Å². The molecule has 0 fully saturated rings. The van der Waals surface area contributed by atoms with Crippen molar-refractivity contribution < 1.29 is 9.63 Å². The average molecular weight is 369 g/mol. The Bertz CT molecular complexity index is 747. The Balaban J connectivity index is 1.60. The second-order valence-corrected chi connectivity index (χ2v) is 7.02. The average Bonchev–Trinajstić information content (AvgIpc) is 3.20. The van der Waals surface area contributed by atoms with Gasteiger partial charge >= 0.3 is 0 Å². The summed E-state index contributed by atoms with van der Waals surface area (Å²) in [5, 5.41) is 6.99. The van der Waals surface area contributed by atoms with E-state index in [2.05, 4.69) is 5.16 Å². The fourth-order valence-electron chi connectivity index (χ4n) is 2.35. The Morgan fingerprint density at radius 1 is 1.39 bits per heavy atom. The number of amides is 1. The quantitative estimate of drug-likeness (QED) is 0.806. The number of nitrogens with zero attached hydrogens (tertiary/aromatic N) is 2. The predicted molar refractivity (Wildman–Crippen MR) is 93.8 cm³/mol. The first kappa shape index (κ1) is 16.3. The van der Waals surface area contributed by atoms with Gasteiger partial charge in [-0.2, -0.15) is 0 Å². The van der Waals surface area contributed by atoms with Crippen LogP contribution in [-0.2, 0) is 4.84 Å². The van der Waals surface area contributed by atoms with Gasteiger partial charge in [-0.15, -0.1) is 11.3 Å². The summed E-state index contributed by atoms with van der Waals surface area (Å²) in [5.74, 6) is -0.00779. The molecule has 4 nitrogen and oxygen atoms in total. The molecule has 2 aromatic rings. The lowest BCUT2D eigenvalue weighted by molar-refractivity contribution is 0.0485. The first-order chi connectivity index (χ1) is 11.0. The van der Waals surface area contributed by atoms with Crippen LogP contribution in [0.3, 0.4) is 0 Å². The van der Waals surface area contributed by atoms with E-state index in [4.69, 9.17) is 28.0 Å². The number of halogens is 2. The molecule has 0 saturated carbocycles. The van der Waals surface area contributed by atoms with Crippen LogP contribution in [0.25, 0.3) is 0 Å². The van der Waals surface area contributed by atoms with Crippen molar-refractivity contribution in [3.63, 3.8) is 0 Å². The lowest BCUT2D eigenvalue weighted by atomic mass is 10.0. The van der Waals surface area contributed by atoms with Gasteiger partial charge in [0.15, 0.2) is 6.10 Å².